The normalized spacial score (nSPS) is 12.5. The van der Waals surface area contributed by atoms with Gasteiger partial charge in [-0.25, -0.2) is 4.98 Å². The fraction of sp³-hybridized carbons (Fsp3) is 0.261. The molecule has 0 saturated heterocycles. The van der Waals surface area contributed by atoms with E-state index in [-0.39, 0.29) is 17.0 Å². The Hall–Kier alpha value is -3.28. The Morgan fingerprint density at radius 2 is 1.57 bits per heavy atom. The fourth-order valence-electron chi connectivity index (χ4n) is 3.78. The van der Waals surface area contributed by atoms with Crippen molar-refractivity contribution in [2.75, 3.05) is 5.75 Å². The molecule has 0 atom stereocenters. The van der Waals surface area contributed by atoms with E-state index in [1.807, 2.05) is 6.92 Å². The SMILES string of the molecule is CCSc1cc(-c2ccc(C(F)(F)F)cc2)cnc1-c1nc2cc(C(F)(F)F)c(=O)n(C)c2n1C. The molecule has 1 aromatic carbocycles. The van der Waals surface area contributed by atoms with Crippen LogP contribution in [0.5, 0.6) is 0 Å². The van der Waals surface area contributed by atoms with Crippen LogP contribution in [0.3, 0.4) is 0 Å². The molecule has 0 aliphatic carbocycles. The molecular formula is C23H18F6N4OS. The fourth-order valence-corrected chi connectivity index (χ4v) is 4.58. The van der Waals surface area contributed by atoms with Crippen LogP contribution in [-0.2, 0) is 26.4 Å². The van der Waals surface area contributed by atoms with Gasteiger partial charge in [0.05, 0.1) is 5.56 Å². The predicted octanol–water partition coefficient (Wildman–Crippen LogP) is 6.15. The minimum atomic E-state index is -4.83. The van der Waals surface area contributed by atoms with Gasteiger partial charge in [0, 0.05) is 30.8 Å². The van der Waals surface area contributed by atoms with Crippen LogP contribution in [0.25, 0.3) is 33.8 Å². The average molecular weight is 512 g/mol. The third kappa shape index (κ3) is 4.54. The van der Waals surface area contributed by atoms with Crippen LogP contribution >= 0.6 is 11.8 Å². The first-order valence-corrected chi connectivity index (χ1v) is 11.3. The molecular weight excluding hydrogens is 494 g/mol. The number of thioether (sulfide) groups is 1. The number of fused-ring (bicyclic) bond motifs is 1. The van der Waals surface area contributed by atoms with Crippen molar-refractivity contribution >= 4 is 22.9 Å². The molecule has 12 heteroatoms. The summed E-state index contributed by atoms with van der Waals surface area (Å²) in [5, 5.41) is 0. The van der Waals surface area contributed by atoms with Gasteiger partial charge in [-0.2, -0.15) is 26.3 Å². The number of hydrogen-bond acceptors (Lipinski definition) is 4. The third-order valence-corrected chi connectivity index (χ3v) is 6.35. The molecule has 3 heterocycles. The van der Waals surface area contributed by atoms with E-state index < -0.39 is 29.0 Å². The summed E-state index contributed by atoms with van der Waals surface area (Å²) in [6, 6.07) is 7.15. The molecule has 0 saturated carbocycles. The van der Waals surface area contributed by atoms with Crippen LogP contribution in [0, 0.1) is 0 Å². The smallest absolute Gasteiger partial charge is 0.312 e. The van der Waals surface area contributed by atoms with E-state index >= 15 is 0 Å². The maximum Gasteiger partial charge on any atom is 0.421 e. The third-order valence-electron chi connectivity index (χ3n) is 5.44. The van der Waals surface area contributed by atoms with E-state index in [0.29, 0.717) is 27.5 Å². The second-order valence-corrected chi connectivity index (χ2v) is 9.01. The summed E-state index contributed by atoms with van der Waals surface area (Å²) in [6.45, 7) is 1.90. The highest BCUT2D eigenvalue weighted by atomic mass is 32.2. The number of nitrogens with zero attached hydrogens (tertiary/aromatic N) is 4. The summed E-state index contributed by atoms with van der Waals surface area (Å²) in [5.41, 5.74) is -1.61. The molecule has 0 unspecified atom stereocenters. The molecule has 0 radical (unpaired) electrons. The van der Waals surface area contributed by atoms with E-state index in [4.69, 9.17) is 0 Å². The van der Waals surface area contributed by atoms with Gasteiger partial charge in [-0.05, 0) is 35.6 Å². The molecule has 0 spiro atoms. The van der Waals surface area contributed by atoms with Crippen molar-refractivity contribution in [3.63, 3.8) is 0 Å². The number of hydrogen-bond donors (Lipinski definition) is 0. The average Bonchev–Trinajstić information content (AvgIpc) is 3.11. The van der Waals surface area contributed by atoms with Gasteiger partial charge < -0.3 is 4.57 Å². The summed E-state index contributed by atoms with van der Waals surface area (Å²) in [7, 11) is 2.82. The van der Waals surface area contributed by atoms with Crippen LogP contribution in [0.15, 0.2) is 52.3 Å². The zero-order valence-electron chi connectivity index (χ0n) is 18.6. The zero-order chi connectivity index (χ0) is 25.7. The van der Waals surface area contributed by atoms with Gasteiger partial charge in [-0.3, -0.25) is 14.3 Å². The van der Waals surface area contributed by atoms with Crippen molar-refractivity contribution in [3.05, 3.63) is 64.1 Å². The van der Waals surface area contributed by atoms with Crippen LogP contribution in [-0.4, -0.2) is 24.9 Å². The van der Waals surface area contributed by atoms with Crippen LogP contribution < -0.4 is 5.56 Å². The first kappa shape index (κ1) is 24.8. The Labute approximate surface area is 199 Å². The summed E-state index contributed by atoms with van der Waals surface area (Å²) < 4.78 is 81.0. The molecule has 5 nitrogen and oxygen atoms in total. The quantitative estimate of drug-likeness (QED) is 0.243. The molecule has 3 aromatic heterocycles. The lowest BCUT2D eigenvalue weighted by Gasteiger charge is -2.12. The van der Waals surface area contributed by atoms with Crippen molar-refractivity contribution in [1.82, 2.24) is 19.1 Å². The minimum absolute atomic E-state index is 0.0158. The number of rotatable bonds is 4. The monoisotopic (exact) mass is 512 g/mol. The van der Waals surface area contributed by atoms with Gasteiger partial charge in [-0.1, -0.05) is 19.1 Å². The number of aryl methyl sites for hydroxylation is 2. The number of benzene rings is 1. The van der Waals surface area contributed by atoms with E-state index in [0.717, 1.165) is 22.8 Å². The maximum atomic E-state index is 13.3. The van der Waals surface area contributed by atoms with Crippen molar-refractivity contribution in [2.45, 2.75) is 24.2 Å². The lowest BCUT2D eigenvalue weighted by Crippen LogP contribution is -2.27. The zero-order valence-corrected chi connectivity index (χ0v) is 19.4. The highest BCUT2D eigenvalue weighted by molar-refractivity contribution is 7.99. The molecule has 184 valence electrons. The molecule has 0 aliphatic rings. The Balaban J connectivity index is 1.85. The molecule has 35 heavy (non-hydrogen) atoms. The predicted molar refractivity (Wildman–Crippen MR) is 121 cm³/mol. The number of alkyl halides is 6. The van der Waals surface area contributed by atoms with Crippen LogP contribution in [0.4, 0.5) is 26.3 Å². The minimum Gasteiger partial charge on any atom is -0.312 e. The number of halogens is 6. The molecule has 0 amide bonds. The Morgan fingerprint density at radius 3 is 2.14 bits per heavy atom. The molecule has 0 bridgehead atoms. The highest BCUT2D eigenvalue weighted by Crippen LogP contribution is 2.36. The first-order valence-electron chi connectivity index (χ1n) is 10.3. The van der Waals surface area contributed by atoms with E-state index in [9.17, 15) is 31.1 Å². The second kappa shape index (κ2) is 8.74. The maximum absolute atomic E-state index is 13.3. The van der Waals surface area contributed by atoms with Crippen molar-refractivity contribution in [1.29, 1.82) is 0 Å². The molecule has 4 aromatic rings. The van der Waals surface area contributed by atoms with E-state index in [1.165, 1.54) is 41.7 Å². The Kier molecular flexibility index (Phi) is 6.20. The lowest BCUT2D eigenvalue weighted by molar-refractivity contribution is -0.139. The van der Waals surface area contributed by atoms with Crippen LogP contribution in [0.1, 0.15) is 18.1 Å². The van der Waals surface area contributed by atoms with Gasteiger partial charge in [0.2, 0.25) is 0 Å². The van der Waals surface area contributed by atoms with Crippen molar-refractivity contribution < 1.29 is 26.3 Å². The van der Waals surface area contributed by atoms with Crippen LogP contribution in [0.2, 0.25) is 0 Å². The van der Waals surface area contributed by atoms with Gasteiger partial charge in [-0.15, -0.1) is 11.8 Å². The molecule has 0 fully saturated rings. The standard InChI is InChI=1S/C23H18F6N4OS/c1-4-35-17-9-13(12-5-7-14(8-6-12)22(24,25)26)11-30-18(17)19-31-16-10-15(23(27,28)29)21(34)33(3)20(16)32(19)2/h5-11H,4H2,1-3H3. The largest absolute Gasteiger partial charge is 0.421 e. The van der Waals surface area contributed by atoms with E-state index in [1.54, 1.807) is 13.1 Å². The highest BCUT2D eigenvalue weighted by Gasteiger charge is 2.36. The Morgan fingerprint density at radius 1 is 0.914 bits per heavy atom. The van der Waals surface area contributed by atoms with Gasteiger partial charge in [0.25, 0.3) is 5.56 Å². The Bertz CT molecular complexity index is 1470. The second-order valence-electron chi connectivity index (χ2n) is 7.70. The van der Waals surface area contributed by atoms with Gasteiger partial charge in [0.15, 0.2) is 5.82 Å². The summed E-state index contributed by atoms with van der Waals surface area (Å²) in [4.78, 5) is 21.7. The lowest BCUT2D eigenvalue weighted by atomic mass is 10.0. The number of imidazole rings is 1. The van der Waals surface area contributed by atoms with Gasteiger partial charge >= 0.3 is 12.4 Å². The van der Waals surface area contributed by atoms with Crippen molar-refractivity contribution in [3.8, 4) is 22.6 Å². The number of pyridine rings is 2. The summed E-state index contributed by atoms with van der Waals surface area (Å²) >= 11 is 1.40. The van der Waals surface area contributed by atoms with E-state index in [2.05, 4.69) is 9.97 Å². The molecule has 0 N–H and O–H groups in total. The molecule has 0 aliphatic heterocycles. The first-order chi connectivity index (χ1) is 16.3. The number of aromatic nitrogens is 4. The summed E-state index contributed by atoms with van der Waals surface area (Å²) in [5.74, 6) is 0.885. The molecule has 4 rings (SSSR count). The topological polar surface area (TPSA) is 52.7 Å². The van der Waals surface area contributed by atoms with Crippen molar-refractivity contribution in [2.24, 2.45) is 14.1 Å². The summed E-state index contributed by atoms with van der Waals surface area (Å²) in [6.07, 6.45) is -7.81. The van der Waals surface area contributed by atoms with Gasteiger partial charge in [0.1, 0.15) is 22.4 Å².